The van der Waals surface area contributed by atoms with Crippen LogP contribution in [0.3, 0.4) is 0 Å². The molecule has 2 rings (SSSR count). The van der Waals surface area contributed by atoms with E-state index in [2.05, 4.69) is 29.8 Å². The van der Waals surface area contributed by atoms with Crippen molar-refractivity contribution in [2.75, 3.05) is 0 Å². The molecule has 1 aromatic carbocycles. The minimum atomic E-state index is -0.232. The van der Waals surface area contributed by atoms with Gasteiger partial charge in [-0.1, -0.05) is 37.7 Å². The monoisotopic (exact) mass is 296 g/mol. The summed E-state index contributed by atoms with van der Waals surface area (Å²) in [5, 5.41) is 8.55. The highest BCUT2D eigenvalue weighted by Crippen LogP contribution is 2.25. The molecule has 1 heterocycles. The Morgan fingerprint density at radius 1 is 1.40 bits per heavy atom. The minimum absolute atomic E-state index is 0.0102. The third-order valence-corrected chi connectivity index (χ3v) is 4.21. The first-order chi connectivity index (χ1) is 9.60. The number of benzene rings is 1. The maximum atomic E-state index is 13.1. The molecule has 4 nitrogen and oxygen atoms in total. The van der Waals surface area contributed by atoms with Crippen molar-refractivity contribution in [3.05, 3.63) is 41.5 Å². The van der Waals surface area contributed by atoms with Crippen molar-refractivity contribution in [1.29, 1.82) is 0 Å². The van der Waals surface area contributed by atoms with Crippen LogP contribution >= 0.6 is 11.8 Å². The molecule has 2 unspecified atom stereocenters. The van der Waals surface area contributed by atoms with Gasteiger partial charge >= 0.3 is 0 Å². The number of thioether (sulfide) groups is 1. The van der Waals surface area contributed by atoms with Gasteiger partial charge in [0.1, 0.15) is 5.82 Å². The van der Waals surface area contributed by atoms with E-state index in [1.807, 2.05) is 6.07 Å². The van der Waals surface area contributed by atoms with Crippen LogP contribution in [0.25, 0.3) is 0 Å². The molecule has 0 aliphatic heterocycles. The average Bonchev–Trinajstić information content (AvgIpc) is 2.92. The van der Waals surface area contributed by atoms with E-state index in [4.69, 9.17) is 4.42 Å². The van der Waals surface area contributed by atoms with Crippen LogP contribution in [0.15, 0.2) is 33.9 Å². The lowest BCUT2D eigenvalue weighted by atomic mass is 10.0. The first-order valence-electron chi connectivity index (χ1n) is 6.64. The summed E-state index contributed by atoms with van der Waals surface area (Å²) < 4.78 is 18.7. The van der Waals surface area contributed by atoms with E-state index >= 15 is 0 Å². The molecule has 0 amide bonds. The Balaban J connectivity index is 1.96. The van der Waals surface area contributed by atoms with Crippen LogP contribution in [0.5, 0.6) is 0 Å². The van der Waals surface area contributed by atoms with Crippen molar-refractivity contribution in [3.8, 4) is 0 Å². The Morgan fingerprint density at radius 3 is 2.90 bits per heavy atom. The smallest absolute Gasteiger partial charge is 0.277 e. The van der Waals surface area contributed by atoms with Crippen LogP contribution in [0, 0.1) is 11.7 Å². The van der Waals surface area contributed by atoms with Gasteiger partial charge in [-0.05, 0) is 24.1 Å². The molecule has 6 heteroatoms. The van der Waals surface area contributed by atoms with Gasteiger partial charge in [-0.25, -0.2) is 4.39 Å². The molecule has 0 saturated carbocycles. The van der Waals surface area contributed by atoms with Gasteiger partial charge in [-0.2, -0.15) is 0 Å². The largest absolute Gasteiger partial charge is 0.410 e. The Kier molecular flexibility index (Phi) is 5.14. The van der Waals surface area contributed by atoms with Gasteiger partial charge in [-0.15, -0.1) is 10.2 Å². The Bertz CT molecular complexity index is 561. The highest BCUT2D eigenvalue weighted by atomic mass is 32.2. The SMILES string of the molecule is CCC(C)C([NH3+])c1nnc(SCc2cccc(F)c2)o1. The molecule has 0 radical (unpaired) electrons. The molecule has 3 N–H and O–H groups in total. The molecule has 0 fully saturated rings. The number of hydrogen-bond acceptors (Lipinski definition) is 4. The first-order valence-corrected chi connectivity index (χ1v) is 7.62. The second-order valence-corrected chi connectivity index (χ2v) is 5.74. The van der Waals surface area contributed by atoms with Gasteiger partial charge in [0.15, 0.2) is 6.04 Å². The Morgan fingerprint density at radius 2 is 2.20 bits per heavy atom. The van der Waals surface area contributed by atoms with Crippen molar-refractivity contribution in [3.63, 3.8) is 0 Å². The molecule has 0 saturated heterocycles. The number of halogens is 1. The fourth-order valence-corrected chi connectivity index (χ4v) is 2.44. The fourth-order valence-electron chi connectivity index (χ4n) is 1.73. The summed E-state index contributed by atoms with van der Waals surface area (Å²) in [6.45, 7) is 4.22. The molecular weight excluding hydrogens is 277 g/mol. The molecular formula is C14H19FN3OS+. The molecule has 0 bridgehead atoms. The zero-order valence-electron chi connectivity index (χ0n) is 11.7. The Hall–Kier alpha value is -1.40. The summed E-state index contributed by atoms with van der Waals surface area (Å²) in [7, 11) is 0. The van der Waals surface area contributed by atoms with Crippen LogP contribution < -0.4 is 5.73 Å². The summed E-state index contributed by atoms with van der Waals surface area (Å²) >= 11 is 1.41. The predicted molar refractivity (Wildman–Crippen MR) is 75.3 cm³/mol. The van der Waals surface area contributed by atoms with Crippen LogP contribution in [-0.4, -0.2) is 10.2 Å². The van der Waals surface area contributed by atoms with Crippen LogP contribution in [0.2, 0.25) is 0 Å². The fraction of sp³-hybridized carbons (Fsp3) is 0.429. The third kappa shape index (κ3) is 3.80. The molecule has 2 atom stereocenters. The van der Waals surface area contributed by atoms with Gasteiger partial charge in [0.2, 0.25) is 0 Å². The number of quaternary nitrogens is 1. The van der Waals surface area contributed by atoms with Crippen molar-refractivity contribution in [1.82, 2.24) is 10.2 Å². The molecule has 20 heavy (non-hydrogen) atoms. The molecule has 0 spiro atoms. The standard InChI is InChI=1S/C14H18FN3OS/c1-3-9(2)12(16)13-17-18-14(19-13)20-8-10-5-4-6-11(15)7-10/h4-7,9,12H,3,8,16H2,1-2H3/p+1. The van der Waals surface area contributed by atoms with Crippen LogP contribution in [0.1, 0.15) is 37.8 Å². The highest BCUT2D eigenvalue weighted by molar-refractivity contribution is 7.98. The quantitative estimate of drug-likeness (QED) is 0.832. The van der Waals surface area contributed by atoms with Gasteiger partial charge in [0, 0.05) is 11.7 Å². The number of nitrogens with zero attached hydrogens (tertiary/aromatic N) is 2. The summed E-state index contributed by atoms with van der Waals surface area (Å²) in [6.07, 6.45) is 1.02. The molecule has 2 aromatic rings. The van der Waals surface area contributed by atoms with E-state index in [0.717, 1.165) is 12.0 Å². The van der Waals surface area contributed by atoms with Crippen LogP contribution in [-0.2, 0) is 5.75 Å². The van der Waals surface area contributed by atoms with Gasteiger partial charge in [0.05, 0.1) is 0 Å². The van der Waals surface area contributed by atoms with E-state index < -0.39 is 0 Å². The van der Waals surface area contributed by atoms with E-state index in [1.165, 1.54) is 23.9 Å². The van der Waals surface area contributed by atoms with E-state index in [0.29, 0.717) is 22.8 Å². The highest BCUT2D eigenvalue weighted by Gasteiger charge is 2.23. The van der Waals surface area contributed by atoms with E-state index in [9.17, 15) is 4.39 Å². The lowest BCUT2D eigenvalue weighted by molar-refractivity contribution is -0.444. The lowest BCUT2D eigenvalue weighted by Gasteiger charge is -2.09. The van der Waals surface area contributed by atoms with Crippen molar-refractivity contribution >= 4 is 11.8 Å². The zero-order chi connectivity index (χ0) is 14.5. The second kappa shape index (κ2) is 6.85. The average molecular weight is 296 g/mol. The summed E-state index contributed by atoms with van der Waals surface area (Å²) in [5.74, 6) is 1.34. The molecule has 108 valence electrons. The van der Waals surface area contributed by atoms with Crippen molar-refractivity contribution < 1.29 is 14.5 Å². The topological polar surface area (TPSA) is 66.6 Å². The molecule has 1 aromatic heterocycles. The number of aromatic nitrogens is 2. The Labute approximate surface area is 122 Å². The second-order valence-electron chi connectivity index (χ2n) is 4.82. The zero-order valence-corrected chi connectivity index (χ0v) is 12.5. The lowest BCUT2D eigenvalue weighted by Crippen LogP contribution is -2.56. The summed E-state index contributed by atoms with van der Waals surface area (Å²) in [4.78, 5) is 0. The van der Waals surface area contributed by atoms with Gasteiger partial charge in [-0.3, -0.25) is 0 Å². The maximum absolute atomic E-state index is 13.1. The normalized spacial score (nSPS) is 14.2. The van der Waals surface area contributed by atoms with Crippen molar-refractivity contribution in [2.45, 2.75) is 37.3 Å². The van der Waals surface area contributed by atoms with Crippen LogP contribution in [0.4, 0.5) is 4.39 Å². The number of rotatable bonds is 6. The van der Waals surface area contributed by atoms with Gasteiger partial charge in [0.25, 0.3) is 11.1 Å². The molecule has 0 aliphatic rings. The molecule has 0 aliphatic carbocycles. The predicted octanol–water partition coefficient (Wildman–Crippen LogP) is 2.83. The van der Waals surface area contributed by atoms with E-state index in [1.54, 1.807) is 6.07 Å². The first kappa shape index (κ1) is 15.0. The van der Waals surface area contributed by atoms with Gasteiger partial charge < -0.3 is 10.2 Å². The summed E-state index contributed by atoms with van der Waals surface area (Å²) in [6, 6.07) is 6.51. The minimum Gasteiger partial charge on any atom is -0.410 e. The van der Waals surface area contributed by atoms with Crippen molar-refractivity contribution in [2.24, 2.45) is 5.92 Å². The number of hydrogen-bond donors (Lipinski definition) is 1. The summed E-state index contributed by atoms with van der Waals surface area (Å²) in [5.41, 5.74) is 4.96. The van der Waals surface area contributed by atoms with E-state index in [-0.39, 0.29) is 11.9 Å². The third-order valence-electron chi connectivity index (χ3n) is 3.32. The maximum Gasteiger partial charge on any atom is 0.277 e.